The number of aliphatic hydroxyl groups is 1. The van der Waals surface area contributed by atoms with E-state index < -0.39 is 0 Å². The van der Waals surface area contributed by atoms with E-state index in [1.165, 1.54) is 6.26 Å². The van der Waals surface area contributed by atoms with Gasteiger partial charge in [0.2, 0.25) is 0 Å². The molecule has 2 heterocycles. The summed E-state index contributed by atoms with van der Waals surface area (Å²) >= 11 is 0. The molecule has 0 atom stereocenters. The van der Waals surface area contributed by atoms with Gasteiger partial charge in [0.15, 0.2) is 0 Å². The molecule has 0 fully saturated rings. The van der Waals surface area contributed by atoms with Gasteiger partial charge >= 0.3 is 0 Å². The first kappa shape index (κ1) is 10.6. The fourth-order valence-corrected chi connectivity index (χ4v) is 1.35. The summed E-state index contributed by atoms with van der Waals surface area (Å²) in [5.74, 6) is 0. The molecule has 0 saturated heterocycles. The van der Waals surface area contributed by atoms with E-state index in [-0.39, 0.29) is 6.61 Å². The minimum absolute atomic E-state index is 0.110. The molecule has 0 bridgehead atoms. The molecule has 0 unspecified atom stereocenters. The van der Waals surface area contributed by atoms with Gasteiger partial charge in [-0.15, -0.1) is 0 Å². The van der Waals surface area contributed by atoms with E-state index in [4.69, 9.17) is 9.52 Å². The van der Waals surface area contributed by atoms with E-state index in [2.05, 4.69) is 9.97 Å². The Kier molecular flexibility index (Phi) is 3.16. The third-order valence-corrected chi connectivity index (χ3v) is 2.15. The SMILES string of the molecule is CN(Cc1ccccn1)c1nc(CO)co1. The van der Waals surface area contributed by atoms with Crippen molar-refractivity contribution in [1.29, 1.82) is 0 Å². The zero-order valence-electron chi connectivity index (χ0n) is 9.00. The predicted octanol–water partition coefficient (Wildman–Crippen LogP) is 1.20. The lowest BCUT2D eigenvalue weighted by atomic mass is 10.3. The summed E-state index contributed by atoms with van der Waals surface area (Å²) in [4.78, 5) is 10.2. The summed E-state index contributed by atoms with van der Waals surface area (Å²) in [5, 5.41) is 8.87. The van der Waals surface area contributed by atoms with Crippen LogP contribution in [0.1, 0.15) is 11.4 Å². The second-order valence-corrected chi connectivity index (χ2v) is 3.46. The number of rotatable bonds is 4. The zero-order valence-corrected chi connectivity index (χ0v) is 9.00. The molecule has 1 N–H and O–H groups in total. The molecule has 0 aliphatic rings. The number of oxazole rings is 1. The third-order valence-electron chi connectivity index (χ3n) is 2.15. The summed E-state index contributed by atoms with van der Waals surface area (Å²) < 4.78 is 5.22. The lowest BCUT2D eigenvalue weighted by Crippen LogP contribution is -2.17. The van der Waals surface area contributed by atoms with Crippen LogP contribution < -0.4 is 4.90 Å². The molecule has 5 heteroatoms. The number of anilines is 1. The van der Waals surface area contributed by atoms with Crippen molar-refractivity contribution in [3.8, 4) is 0 Å². The minimum Gasteiger partial charge on any atom is -0.432 e. The van der Waals surface area contributed by atoms with Crippen LogP contribution in [0.2, 0.25) is 0 Å². The Bertz CT molecular complexity index is 442. The lowest BCUT2D eigenvalue weighted by Gasteiger charge is -2.13. The molecule has 0 saturated carbocycles. The van der Waals surface area contributed by atoms with Gasteiger partial charge in [-0.25, -0.2) is 0 Å². The highest BCUT2D eigenvalue weighted by atomic mass is 16.4. The van der Waals surface area contributed by atoms with Crippen molar-refractivity contribution < 1.29 is 9.52 Å². The molecule has 0 aromatic carbocycles. The number of nitrogens with zero attached hydrogens (tertiary/aromatic N) is 3. The molecule has 5 nitrogen and oxygen atoms in total. The van der Waals surface area contributed by atoms with E-state index in [9.17, 15) is 0 Å². The Hall–Kier alpha value is -1.88. The van der Waals surface area contributed by atoms with Crippen LogP contribution in [0.5, 0.6) is 0 Å². The molecule has 0 aliphatic carbocycles. The molecule has 0 radical (unpaired) electrons. The van der Waals surface area contributed by atoms with Crippen molar-refractivity contribution in [2.75, 3.05) is 11.9 Å². The van der Waals surface area contributed by atoms with Crippen LogP contribution in [-0.4, -0.2) is 22.1 Å². The molecule has 2 aromatic rings. The maximum Gasteiger partial charge on any atom is 0.297 e. The van der Waals surface area contributed by atoms with E-state index >= 15 is 0 Å². The van der Waals surface area contributed by atoms with Crippen molar-refractivity contribution >= 4 is 6.01 Å². The highest BCUT2D eigenvalue weighted by Gasteiger charge is 2.09. The first-order chi connectivity index (χ1) is 7.79. The summed E-state index contributed by atoms with van der Waals surface area (Å²) in [6.07, 6.45) is 3.20. The number of hydrogen-bond donors (Lipinski definition) is 1. The molecule has 16 heavy (non-hydrogen) atoms. The number of aromatic nitrogens is 2. The molecule has 0 spiro atoms. The average Bonchev–Trinajstić information content (AvgIpc) is 2.79. The van der Waals surface area contributed by atoms with E-state index in [1.807, 2.05) is 30.1 Å². The van der Waals surface area contributed by atoms with Gasteiger partial charge in [-0.2, -0.15) is 4.98 Å². The Morgan fingerprint density at radius 3 is 2.88 bits per heavy atom. The Morgan fingerprint density at radius 2 is 2.25 bits per heavy atom. The van der Waals surface area contributed by atoms with Crippen molar-refractivity contribution in [1.82, 2.24) is 9.97 Å². The van der Waals surface area contributed by atoms with Crippen LogP contribution in [0.15, 0.2) is 35.1 Å². The summed E-state index contributed by atoms with van der Waals surface area (Å²) in [6.45, 7) is 0.507. The van der Waals surface area contributed by atoms with Gasteiger partial charge < -0.3 is 14.4 Å². The predicted molar refractivity (Wildman–Crippen MR) is 58.8 cm³/mol. The van der Waals surface area contributed by atoms with Gasteiger partial charge in [-0.1, -0.05) is 6.07 Å². The first-order valence-corrected chi connectivity index (χ1v) is 4.96. The van der Waals surface area contributed by atoms with Crippen LogP contribution >= 0.6 is 0 Å². The third kappa shape index (κ3) is 2.38. The Balaban J connectivity index is 2.05. The fraction of sp³-hybridized carbons (Fsp3) is 0.273. The first-order valence-electron chi connectivity index (χ1n) is 4.96. The van der Waals surface area contributed by atoms with E-state index in [0.29, 0.717) is 18.3 Å². The number of hydrogen-bond acceptors (Lipinski definition) is 5. The normalized spacial score (nSPS) is 10.4. The van der Waals surface area contributed by atoms with Crippen molar-refractivity contribution in [3.05, 3.63) is 42.0 Å². The smallest absolute Gasteiger partial charge is 0.297 e. The maximum absolute atomic E-state index is 8.87. The maximum atomic E-state index is 8.87. The van der Waals surface area contributed by atoms with Crippen LogP contribution in [0.4, 0.5) is 6.01 Å². The summed E-state index contributed by atoms with van der Waals surface area (Å²) in [5.41, 5.74) is 1.47. The van der Waals surface area contributed by atoms with E-state index in [0.717, 1.165) is 5.69 Å². The quantitative estimate of drug-likeness (QED) is 0.837. The van der Waals surface area contributed by atoms with Crippen LogP contribution in [0, 0.1) is 0 Å². The molecular formula is C11H13N3O2. The highest BCUT2D eigenvalue weighted by Crippen LogP contribution is 2.13. The minimum atomic E-state index is -0.110. The van der Waals surface area contributed by atoms with Gasteiger partial charge in [0.1, 0.15) is 12.0 Å². The zero-order chi connectivity index (χ0) is 11.4. The summed E-state index contributed by atoms with van der Waals surface area (Å²) in [7, 11) is 1.86. The molecule has 84 valence electrons. The Morgan fingerprint density at radius 1 is 1.38 bits per heavy atom. The highest BCUT2D eigenvalue weighted by molar-refractivity contribution is 5.26. The van der Waals surface area contributed by atoms with Gasteiger partial charge in [0.25, 0.3) is 6.01 Å². The van der Waals surface area contributed by atoms with E-state index in [1.54, 1.807) is 6.20 Å². The Labute approximate surface area is 93.4 Å². The topological polar surface area (TPSA) is 62.4 Å². The molecule has 2 aromatic heterocycles. The van der Waals surface area contributed by atoms with Crippen LogP contribution in [-0.2, 0) is 13.2 Å². The molecular weight excluding hydrogens is 206 g/mol. The number of pyridine rings is 1. The van der Waals surface area contributed by atoms with Gasteiger partial charge in [-0.3, -0.25) is 4.98 Å². The van der Waals surface area contributed by atoms with Crippen LogP contribution in [0.3, 0.4) is 0 Å². The standard InChI is InChI=1S/C11H13N3O2/c1-14(6-9-4-2-3-5-12-9)11-13-10(7-15)8-16-11/h2-5,8,15H,6-7H2,1H3. The molecule has 0 amide bonds. The van der Waals surface area contributed by atoms with Gasteiger partial charge in [0.05, 0.1) is 18.8 Å². The van der Waals surface area contributed by atoms with Gasteiger partial charge in [-0.05, 0) is 12.1 Å². The average molecular weight is 219 g/mol. The van der Waals surface area contributed by atoms with Gasteiger partial charge in [0, 0.05) is 13.2 Å². The van der Waals surface area contributed by atoms with Crippen molar-refractivity contribution in [2.45, 2.75) is 13.2 Å². The summed E-state index contributed by atoms with van der Waals surface area (Å²) in [6, 6.07) is 6.23. The van der Waals surface area contributed by atoms with Crippen molar-refractivity contribution in [2.24, 2.45) is 0 Å². The second kappa shape index (κ2) is 4.76. The lowest BCUT2D eigenvalue weighted by molar-refractivity contribution is 0.276. The largest absolute Gasteiger partial charge is 0.432 e. The monoisotopic (exact) mass is 219 g/mol. The van der Waals surface area contributed by atoms with Crippen LogP contribution in [0.25, 0.3) is 0 Å². The van der Waals surface area contributed by atoms with Crippen molar-refractivity contribution in [3.63, 3.8) is 0 Å². The number of aliphatic hydroxyl groups excluding tert-OH is 1. The molecule has 2 rings (SSSR count). The second-order valence-electron chi connectivity index (χ2n) is 3.46. The fourth-order valence-electron chi connectivity index (χ4n) is 1.35. The molecule has 0 aliphatic heterocycles.